The van der Waals surface area contributed by atoms with E-state index in [-0.39, 0.29) is 18.1 Å². The second-order valence-electron chi connectivity index (χ2n) is 9.28. The van der Waals surface area contributed by atoms with Crippen LogP contribution in [0, 0.1) is 11.8 Å². The Morgan fingerprint density at radius 2 is 1.77 bits per heavy atom. The molecule has 2 aliphatic rings. The van der Waals surface area contributed by atoms with Crippen LogP contribution in [0.1, 0.15) is 63.9 Å². The second kappa shape index (κ2) is 10.6. The van der Waals surface area contributed by atoms with Gasteiger partial charge < -0.3 is 5.11 Å². The number of amides is 2. The zero-order valence-electron chi connectivity index (χ0n) is 18.2. The molecule has 164 valence electrons. The quantitative estimate of drug-likeness (QED) is 0.317. The molecule has 0 spiro atoms. The lowest BCUT2D eigenvalue weighted by Gasteiger charge is -2.30. The minimum Gasteiger partial charge on any atom is -0.435 e. The highest BCUT2D eigenvalue weighted by Gasteiger charge is 2.58. The van der Waals surface area contributed by atoms with E-state index in [2.05, 4.69) is 12.1 Å². The largest absolute Gasteiger partial charge is 0.521 e. The topological polar surface area (TPSA) is 71.4 Å². The number of imide groups is 1. The molecule has 3 unspecified atom stereocenters. The van der Waals surface area contributed by atoms with E-state index >= 15 is 0 Å². The zero-order valence-corrected chi connectivity index (χ0v) is 19.1. The maximum Gasteiger partial charge on any atom is 0.521 e. The number of carbonyl (C=O) groups is 2. The lowest BCUT2D eigenvalue weighted by Crippen LogP contribution is -2.59. The number of likely N-dealkylation sites (tertiary alicyclic amines) is 1. The second-order valence-corrected chi connectivity index (χ2v) is 11.0. The molecule has 1 aliphatic carbocycles. The maximum atomic E-state index is 13.1. The van der Waals surface area contributed by atoms with E-state index in [1.54, 1.807) is 0 Å². The SMILES string of the molecule is CC1C[C@@H](C2CCCCC2)C[N+]1(C(=O)O)C(=O)C[P+](=O)CCCCc1ccccc1. The van der Waals surface area contributed by atoms with E-state index in [0.717, 1.165) is 38.5 Å². The number of quaternary nitrogens is 1. The van der Waals surface area contributed by atoms with Gasteiger partial charge in [-0.1, -0.05) is 54.2 Å². The molecule has 1 heterocycles. The van der Waals surface area contributed by atoms with Gasteiger partial charge in [-0.05, 0) is 50.5 Å². The van der Waals surface area contributed by atoms with Gasteiger partial charge in [-0.25, -0.2) is 4.79 Å². The minimum absolute atomic E-state index is 0.102. The summed E-state index contributed by atoms with van der Waals surface area (Å²) in [7, 11) is -1.70. The molecular weight excluding hydrogens is 397 g/mol. The highest BCUT2D eigenvalue weighted by Crippen LogP contribution is 2.42. The third-order valence-electron chi connectivity index (χ3n) is 7.30. The van der Waals surface area contributed by atoms with E-state index in [1.165, 1.54) is 24.8 Å². The fourth-order valence-corrected chi connectivity index (χ4v) is 6.82. The van der Waals surface area contributed by atoms with Crippen molar-refractivity contribution in [3.8, 4) is 0 Å². The van der Waals surface area contributed by atoms with Gasteiger partial charge in [-0.15, -0.1) is 0 Å². The summed E-state index contributed by atoms with van der Waals surface area (Å²) in [5, 5.41) is 10.0. The van der Waals surface area contributed by atoms with E-state index in [0.29, 0.717) is 24.5 Å². The fraction of sp³-hybridized carbons (Fsp3) is 0.667. The molecule has 30 heavy (non-hydrogen) atoms. The highest BCUT2D eigenvalue weighted by molar-refractivity contribution is 7.45. The van der Waals surface area contributed by atoms with Crippen molar-refractivity contribution >= 4 is 19.8 Å². The van der Waals surface area contributed by atoms with Crippen molar-refractivity contribution < 1.29 is 23.7 Å². The van der Waals surface area contributed by atoms with Crippen molar-refractivity contribution in [1.82, 2.24) is 0 Å². The molecular formula is C24H36NO4P+2. The average molecular weight is 434 g/mol. The monoisotopic (exact) mass is 433 g/mol. The maximum absolute atomic E-state index is 13.1. The molecule has 0 bridgehead atoms. The van der Waals surface area contributed by atoms with Gasteiger partial charge in [0, 0.05) is 12.3 Å². The molecule has 0 aromatic heterocycles. The Hall–Kier alpha value is -1.58. The number of unbranched alkanes of at least 4 members (excludes halogenated alkanes) is 1. The van der Waals surface area contributed by atoms with Crippen molar-refractivity contribution in [2.24, 2.45) is 11.8 Å². The van der Waals surface area contributed by atoms with Crippen molar-refractivity contribution in [2.75, 3.05) is 18.9 Å². The Balaban J connectivity index is 1.53. The summed E-state index contributed by atoms with van der Waals surface area (Å²) in [6.45, 7) is 2.28. The van der Waals surface area contributed by atoms with Gasteiger partial charge in [0.15, 0.2) is 0 Å². The Morgan fingerprint density at radius 1 is 1.07 bits per heavy atom. The van der Waals surface area contributed by atoms with Crippen molar-refractivity contribution in [3.05, 3.63) is 35.9 Å². The Bertz CT molecular complexity index is 747. The summed E-state index contributed by atoms with van der Waals surface area (Å²) in [6.07, 6.45) is 8.79. The summed E-state index contributed by atoms with van der Waals surface area (Å²) < 4.78 is 12.1. The third kappa shape index (κ3) is 5.36. The standard InChI is InChI=1S/C24H35NO4P/c1-19-16-22(21-13-6-3-7-14-21)17-25(19,24(27)28)23(26)18-30(29)15-9-8-12-20-10-4-2-5-11-20/h2,4-5,10-11,19,21-22H,3,6-9,12-18H2,1H3/q+1/p+1/t19?,22-,25?/m1/s1. The summed E-state index contributed by atoms with van der Waals surface area (Å²) in [5.74, 6) is 0.488. The molecule has 1 N–H and O–H groups in total. The van der Waals surface area contributed by atoms with Crippen LogP contribution in [0.15, 0.2) is 30.3 Å². The Morgan fingerprint density at radius 3 is 2.43 bits per heavy atom. The number of carboxylic acid groups (broad SMARTS) is 1. The van der Waals surface area contributed by atoms with E-state index in [9.17, 15) is 19.3 Å². The summed E-state index contributed by atoms with van der Waals surface area (Å²) in [4.78, 5) is 25.4. The van der Waals surface area contributed by atoms with E-state index in [4.69, 9.17) is 0 Å². The first kappa shape index (κ1) is 23.1. The van der Waals surface area contributed by atoms with E-state index < -0.39 is 18.4 Å². The molecule has 2 amide bonds. The number of rotatable bonds is 8. The van der Waals surface area contributed by atoms with Crippen LogP contribution >= 0.6 is 7.80 Å². The molecule has 1 aliphatic heterocycles. The van der Waals surface area contributed by atoms with E-state index in [1.807, 2.05) is 25.1 Å². The summed E-state index contributed by atoms with van der Waals surface area (Å²) >= 11 is 0. The first-order valence-electron chi connectivity index (χ1n) is 11.5. The Kier molecular flexibility index (Phi) is 8.19. The summed E-state index contributed by atoms with van der Waals surface area (Å²) in [5.41, 5.74) is 1.26. The molecule has 6 heteroatoms. The molecule has 1 saturated carbocycles. The predicted molar refractivity (Wildman–Crippen MR) is 119 cm³/mol. The van der Waals surface area contributed by atoms with Crippen molar-refractivity contribution in [1.29, 1.82) is 0 Å². The fourth-order valence-electron chi connectivity index (χ4n) is 5.53. The van der Waals surface area contributed by atoms with Gasteiger partial charge in [-0.2, -0.15) is 9.28 Å². The van der Waals surface area contributed by atoms with Crippen LogP contribution in [0.25, 0.3) is 0 Å². The first-order chi connectivity index (χ1) is 14.4. The normalized spacial score (nSPS) is 27.7. The van der Waals surface area contributed by atoms with Crippen LogP contribution in [-0.4, -0.2) is 46.5 Å². The van der Waals surface area contributed by atoms with Crippen LogP contribution < -0.4 is 0 Å². The Labute approximate surface area is 181 Å². The minimum atomic E-state index is -1.70. The van der Waals surface area contributed by atoms with Crippen LogP contribution in [0.2, 0.25) is 0 Å². The van der Waals surface area contributed by atoms with Crippen LogP contribution in [0.4, 0.5) is 4.79 Å². The third-order valence-corrected chi connectivity index (χ3v) is 8.74. The summed E-state index contributed by atoms with van der Waals surface area (Å²) in [6, 6.07) is 9.96. The number of hydrogen-bond acceptors (Lipinski definition) is 3. The molecule has 4 atom stereocenters. The van der Waals surface area contributed by atoms with Gasteiger partial charge in [0.25, 0.3) is 6.16 Å². The lowest BCUT2D eigenvalue weighted by atomic mass is 9.79. The molecule has 5 nitrogen and oxygen atoms in total. The van der Waals surface area contributed by atoms with Crippen LogP contribution in [0.3, 0.4) is 0 Å². The van der Waals surface area contributed by atoms with Gasteiger partial charge in [0.05, 0.1) is 0 Å². The molecule has 3 rings (SSSR count). The molecule has 1 aromatic carbocycles. The first-order valence-corrected chi connectivity index (χ1v) is 13.2. The van der Waals surface area contributed by atoms with Crippen LogP contribution in [0.5, 0.6) is 0 Å². The lowest BCUT2D eigenvalue weighted by molar-refractivity contribution is -0.793. The van der Waals surface area contributed by atoms with Gasteiger partial charge in [-0.3, -0.25) is 0 Å². The van der Waals surface area contributed by atoms with Crippen LogP contribution in [-0.2, 0) is 15.8 Å². The highest BCUT2D eigenvalue weighted by atomic mass is 31.1. The molecule has 1 saturated heterocycles. The predicted octanol–water partition coefficient (Wildman–Crippen LogP) is 5.85. The number of benzene rings is 1. The average Bonchev–Trinajstić information content (AvgIpc) is 3.11. The molecule has 0 radical (unpaired) electrons. The molecule has 1 aromatic rings. The van der Waals surface area contributed by atoms with Gasteiger partial charge in [0.1, 0.15) is 18.7 Å². The van der Waals surface area contributed by atoms with Crippen molar-refractivity contribution in [3.63, 3.8) is 0 Å². The number of carbonyl (C=O) groups excluding carboxylic acids is 1. The van der Waals surface area contributed by atoms with Crippen molar-refractivity contribution in [2.45, 2.75) is 70.8 Å². The molecule has 2 fully saturated rings. The number of aryl methyl sites for hydroxylation is 1. The number of hydrogen-bond donors (Lipinski definition) is 1. The number of nitrogens with zero attached hydrogens (tertiary/aromatic N) is 1. The zero-order chi connectivity index (χ0) is 21.6. The van der Waals surface area contributed by atoms with Gasteiger partial charge >= 0.3 is 19.8 Å². The smallest absolute Gasteiger partial charge is 0.435 e. The van der Waals surface area contributed by atoms with Gasteiger partial charge in [0.2, 0.25) is 0 Å².